The number of pyridine rings is 3. The molecule has 1 amide bonds. The van der Waals surface area contributed by atoms with Crippen LogP contribution in [0.15, 0.2) is 36.8 Å². The summed E-state index contributed by atoms with van der Waals surface area (Å²) in [6, 6.07) is 5.73. The van der Waals surface area contributed by atoms with Crippen LogP contribution in [0.5, 0.6) is 0 Å². The van der Waals surface area contributed by atoms with Crippen LogP contribution in [0, 0.1) is 12.8 Å². The number of hydrogen-bond donors (Lipinski definition) is 2. The molecule has 1 atom stereocenters. The zero-order chi connectivity index (χ0) is 19.0. The molecule has 27 heavy (non-hydrogen) atoms. The van der Waals surface area contributed by atoms with Gasteiger partial charge in [0.25, 0.3) is 0 Å². The van der Waals surface area contributed by atoms with E-state index in [-0.39, 0.29) is 11.8 Å². The average molecular weight is 362 g/mol. The van der Waals surface area contributed by atoms with Gasteiger partial charge in [0.2, 0.25) is 5.91 Å². The highest BCUT2D eigenvalue weighted by molar-refractivity contribution is 5.95. The quantitative estimate of drug-likeness (QED) is 0.721. The lowest BCUT2D eigenvalue weighted by atomic mass is 10.0. The maximum atomic E-state index is 11.9. The number of fused-ring (bicyclic) bond motifs is 1. The van der Waals surface area contributed by atoms with Crippen molar-refractivity contribution in [3.8, 4) is 11.1 Å². The highest BCUT2D eigenvalue weighted by Crippen LogP contribution is 2.31. The van der Waals surface area contributed by atoms with Gasteiger partial charge in [0.1, 0.15) is 5.82 Å². The molecular weight excluding hydrogens is 340 g/mol. The summed E-state index contributed by atoms with van der Waals surface area (Å²) in [5, 5.41) is 13.7. The van der Waals surface area contributed by atoms with Crippen molar-refractivity contribution < 1.29 is 9.90 Å². The van der Waals surface area contributed by atoms with Crippen LogP contribution < -0.4 is 5.32 Å². The van der Waals surface area contributed by atoms with E-state index in [0.29, 0.717) is 17.9 Å². The summed E-state index contributed by atoms with van der Waals surface area (Å²) < 4.78 is 0. The first-order valence-corrected chi connectivity index (χ1v) is 9.27. The van der Waals surface area contributed by atoms with Gasteiger partial charge < -0.3 is 10.4 Å². The van der Waals surface area contributed by atoms with E-state index < -0.39 is 6.10 Å². The molecule has 6 heteroatoms. The number of nitrogens with zero attached hydrogens (tertiary/aromatic N) is 3. The van der Waals surface area contributed by atoms with E-state index in [1.54, 1.807) is 24.7 Å². The lowest BCUT2D eigenvalue weighted by Gasteiger charge is -2.12. The predicted molar refractivity (Wildman–Crippen MR) is 104 cm³/mol. The predicted octanol–water partition coefficient (Wildman–Crippen LogP) is 3.79. The number of amides is 1. The number of aryl methyl sites for hydroxylation is 1. The number of aliphatic hydroxyl groups excluding tert-OH is 1. The Morgan fingerprint density at radius 3 is 2.70 bits per heavy atom. The zero-order valence-electron chi connectivity index (χ0n) is 15.4. The maximum Gasteiger partial charge on any atom is 0.228 e. The van der Waals surface area contributed by atoms with Gasteiger partial charge in [0, 0.05) is 47.1 Å². The SMILES string of the molecule is CCC(O)c1cc(C)c(-c2cnc3cc(NC(=O)C4CC4)ncc3c2)cn1. The van der Waals surface area contributed by atoms with Crippen LogP contribution in [-0.2, 0) is 4.79 Å². The zero-order valence-corrected chi connectivity index (χ0v) is 15.4. The highest BCUT2D eigenvalue weighted by atomic mass is 16.3. The average Bonchev–Trinajstić information content (AvgIpc) is 3.52. The summed E-state index contributed by atoms with van der Waals surface area (Å²) in [5.41, 5.74) is 4.42. The summed E-state index contributed by atoms with van der Waals surface area (Å²) in [5.74, 6) is 0.715. The number of nitrogens with one attached hydrogen (secondary N) is 1. The number of carbonyl (C=O) groups is 1. The molecule has 138 valence electrons. The van der Waals surface area contributed by atoms with Crippen LogP contribution in [0.25, 0.3) is 22.0 Å². The van der Waals surface area contributed by atoms with Crippen LogP contribution in [0.4, 0.5) is 5.82 Å². The van der Waals surface area contributed by atoms with Crippen LogP contribution in [0.3, 0.4) is 0 Å². The molecule has 0 spiro atoms. The Morgan fingerprint density at radius 2 is 2.00 bits per heavy atom. The first-order valence-electron chi connectivity index (χ1n) is 9.27. The molecule has 1 aliphatic rings. The van der Waals surface area contributed by atoms with Gasteiger partial charge in [-0.3, -0.25) is 14.8 Å². The molecule has 1 aliphatic carbocycles. The lowest BCUT2D eigenvalue weighted by molar-refractivity contribution is -0.117. The Kier molecular flexibility index (Phi) is 4.58. The van der Waals surface area contributed by atoms with Gasteiger partial charge in [-0.25, -0.2) is 4.98 Å². The third-order valence-corrected chi connectivity index (χ3v) is 4.94. The summed E-state index contributed by atoms with van der Waals surface area (Å²) in [6.45, 7) is 3.93. The van der Waals surface area contributed by atoms with Crippen molar-refractivity contribution in [1.29, 1.82) is 0 Å². The van der Waals surface area contributed by atoms with Crippen LogP contribution in [-0.4, -0.2) is 26.0 Å². The minimum Gasteiger partial charge on any atom is -0.387 e. The molecular formula is C21H22N4O2. The van der Waals surface area contributed by atoms with Gasteiger partial charge in [-0.05, 0) is 43.9 Å². The number of anilines is 1. The monoisotopic (exact) mass is 362 g/mol. The van der Waals surface area contributed by atoms with Crippen molar-refractivity contribution in [3.05, 3.63) is 48.0 Å². The normalized spacial score (nSPS) is 14.9. The van der Waals surface area contributed by atoms with Crippen LogP contribution in [0.2, 0.25) is 0 Å². The van der Waals surface area contributed by atoms with Crippen molar-refractivity contribution in [1.82, 2.24) is 15.0 Å². The molecule has 1 fully saturated rings. The molecule has 0 aromatic carbocycles. The molecule has 6 nitrogen and oxygen atoms in total. The Balaban J connectivity index is 1.62. The summed E-state index contributed by atoms with van der Waals surface area (Å²) in [6.07, 6.45) is 7.32. The van der Waals surface area contributed by atoms with Gasteiger partial charge in [-0.1, -0.05) is 6.92 Å². The van der Waals surface area contributed by atoms with Crippen molar-refractivity contribution in [2.75, 3.05) is 5.32 Å². The van der Waals surface area contributed by atoms with E-state index in [1.807, 2.05) is 26.0 Å². The highest BCUT2D eigenvalue weighted by Gasteiger charge is 2.29. The molecule has 0 radical (unpaired) electrons. The molecule has 1 saturated carbocycles. The second-order valence-corrected chi connectivity index (χ2v) is 7.10. The fourth-order valence-electron chi connectivity index (χ4n) is 3.08. The number of aromatic nitrogens is 3. The smallest absolute Gasteiger partial charge is 0.228 e. The lowest BCUT2D eigenvalue weighted by Crippen LogP contribution is -2.14. The number of carbonyl (C=O) groups excluding carboxylic acids is 1. The minimum atomic E-state index is -0.541. The molecule has 4 rings (SSSR count). The molecule has 3 heterocycles. The standard InChI is InChI=1S/C21H22N4O2/c1-3-19(26)18-6-12(2)16(11-23-18)14-7-15-10-24-20(8-17(15)22-9-14)25-21(27)13-4-5-13/h6-11,13,19,26H,3-5H2,1-2H3,(H,24,25,27). The summed E-state index contributed by atoms with van der Waals surface area (Å²) >= 11 is 0. The second-order valence-electron chi connectivity index (χ2n) is 7.10. The molecule has 1 unspecified atom stereocenters. The second kappa shape index (κ2) is 7.04. The Hall–Kier alpha value is -2.86. The third-order valence-electron chi connectivity index (χ3n) is 4.94. The minimum absolute atomic E-state index is 0.0366. The van der Waals surface area contributed by atoms with Crippen LogP contribution in [0.1, 0.15) is 43.5 Å². The van der Waals surface area contributed by atoms with Gasteiger partial charge in [0.15, 0.2) is 0 Å². The first-order chi connectivity index (χ1) is 13.0. The number of rotatable bonds is 5. The summed E-state index contributed by atoms with van der Waals surface area (Å²) in [4.78, 5) is 25.2. The Morgan fingerprint density at radius 1 is 1.19 bits per heavy atom. The van der Waals surface area contributed by atoms with Gasteiger partial charge in [0.05, 0.1) is 17.3 Å². The molecule has 3 aromatic rings. The molecule has 0 aliphatic heterocycles. The van der Waals surface area contributed by atoms with Gasteiger partial charge in [-0.15, -0.1) is 0 Å². The van der Waals surface area contributed by atoms with E-state index in [9.17, 15) is 9.90 Å². The largest absolute Gasteiger partial charge is 0.387 e. The topological polar surface area (TPSA) is 88.0 Å². The maximum absolute atomic E-state index is 11.9. The Bertz CT molecular complexity index is 1010. The van der Waals surface area contributed by atoms with Crippen molar-refractivity contribution in [2.24, 2.45) is 5.92 Å². The Labute approximate surface area is 157 Å². The molecule has 3 aromatic heterocycles. The van der Waals surface area contributed by atoms with Crippen LogP contribution >= 0.6 is 0 Å². The van der Waals surface area contributed by atoms with E-state index >= 15 is 0 Å². The van der Waals surface area contributed by atoms with E-state index in [1.165, 1.54) is 0 Å². The fourth-order valence-corrected chi connectivity index (χ4v) is 3.08. The first kappa shape index (κ1) is 17.5. The van der Waals surface area contributed by atoms with Gasteiger partial charge >= 0.3 is 0 Å². The van der Waals surface area contributed by atoms with E-state index in [2.05, 4.69) is 20.3 Å². The van der Waals surface area contributed by atoms with Gasteiger partial charge in [-0.2, -0.15) is 0 Å². The van der Waals surface area contributed by atoms with Crippen molar-refractivity contribution >= 4 is 22.6 Å². The number of hydrogen-bond acceptors (Lipinski definition) is 5. The third kappa shape index (κ3) is 3.66. The van der Waals surface area contributed by atoms with Crippen molar-refractivity contribution in [3.63, 3.8) is 0 Å². The summed E-state index contributed by atoms with van der Waals surface area (Å²) in [7, 11) is 0. The van der Waals surface area contributed by atoms with E-state index in [0.717, 1.165) is 40.4 Å². The molecule has 0 saturated heterocycles. The fraction of sp³-hybridized carbons (Fsp3) is 0.333. The molecule has 0 bridgehead atoms. The number of aliphatic hydroxyl groups is 1. The van der Waals surface area contributed by atoms with E-state index in [4.69, 9.17) is 0 Å². The van der Waals surface area contributed by atoms with Crippen molar-refractivity contribution in [2.45, 2.75) is 39.2 Å². The molecule has 2 N–H and O–H groups in total.